The molecule has 2 amide bonds. The molecule has 7 heteroatoms. The van der Waals surface area contributed by atoms with Crippen molar-refractivity contribution >= 4 is 28.3 Å². The quantitative estimate of drug-likeness (QED) is 0.628. The van der Waals surface area contributed by atoms with Crippen LogP contribution in [0.2, 0.25) is 0 Å². The van der Waals surface area contributed by atoms with Crippen molar-refractivity contribution in [2.24, 2.45) is 0 Å². The molecule has 0 saturated carbocycles. The van der Waals surface area contributed by atoms with E-state index in [0.29, 0.717) is 24.7 Å². The van der Waals surface area contributed by atoms with Crippen molar-refractivity contribution in [1.29, 1.82) is 0 Å². The molecule has 0 aliphatic heterocycles. The molecule has 1 N–H and O–H groups in total. The summed E-state index contributed by atoms with van der Waals surface area (Å²) in [5.74, 6) is -0.180. The molecule has 0 aliphatic rings. The van der Waals surface area contributed by atoms with Crippen molar-refractivity contribution < 1.29 is 14.3 Å². The zero-order chi connectivity index (χ0) is 17.1. The SMILES string of the molecule is CCCCCC(=O)N(CCCOC)CC(=O)Nc1nc(C)cs1. The number of rotatable bonds is 11. The van der Waals surface area contributed by atoms with Gasteiger partial charge in [-0.05, 0) is 19.8 Å². The fourth-order valence-electron chi connectivity index (χ4n) is 2.12. The maximum Gasteiger partial charge on any atom is 0.245 e. The largest absolute Gasteiger partial charge is 0.385 e. The van der Waals surface area contributed by atoms with Gasteiger partial charge in [0.05, 0.1) is 12.2 Å². The third kappa shape index (κ3) is 8.08. The normalized spacial score (nSPS) is 10.6. The van der Waals surface area contributed by atoms with Crippen LogP contribution in [0.15, 0.2) is 5.38 Å². The van der Waals surface area contributed by atoms with Gasteiger partial charge in [-0.15, -0.1) is 11.3 Å². The summed E-state index contributed by atoms with van der Waals surface area (Å²) in [5, 5.41) is 5.20. The number of carbonyl (C=O) groups is 2. The number of methoxy groups -OCH3 is 1. The molecular weight excluding hydrogens is 314 g/mol. The first-order valence-corrected chi connectivity index (χ1v) is 8.93. The first-order valence-electron chi connectivity index (χ1n) is 8.05. The van der Waals surface area contributed by atoms with Gasteiger partial charge in [0, 0.05) is 32.1 Å². The number of unbranched alkanes of at least 4 members (excludes halogenated alkanes) is 2. The Kier molecular flexibility index (Phi) is 9.47. The van der Waals surface area contributed by atoms with Crippen molar-refractivity contribution in [2.45, 2.75) is 46.0 Å². The molecule has 0 spiro atoms. The van der Waals surface area contributed by atoms with E-state index in [2.05, 4.69) is 17.2 Å². The molecule has 0 aliphatic carbocycles. The monoisotopic (exact) mass is 341 g/mol. The lowest BCUT2D eigenvalue weighted by molar-refractivity contribution is -0.135. The van der Waals surface area contributed by atoms with Gasteiger partial charge in [0.2, 0.25) is 11.8 Å². The molecule has 1 rings (SSSR count). The van der Waals surface area contributed by atoms with Crippen molar-refractivity contribution in [3.8, 4) is 0 Å². The number of nitrogens with zero attached hydrogens (tertiary/aromatic N) is 2. The van der Waals surface area contributed by atoms with Crippen molar-refractivity contribution in [3.63, 3.8) is 0 Å². The Morgan fingerprint density at radius 1 is 1.35 bits per heavy atom. The molecule has 0 bridgehead atoms. The van der Waals surface area contributed by atoms with Crippen LogP contribution in [0.4, 0.5) is 5.13 Å². The first kappa shape index (κ1) is 19.6. The minimum Gasteiger partial charge on any atom is -0.385 e. The molecule has 23 heavy (non-hydrogen) atoms. The molecule has 0 aromatic carbocycles. The molecule has 0 atom stereocenters. The van der Waals surface area contributed by atoms with E-state index in [4.69, 9.17) is 4.74 Å². The average Bonchev–Trinajstić information content (AvgIpc) is 2.91. The maximum atomic E-state index is 12.3. The van der Waals surface area contributed by atoms with Crippen LogP contribution in [-0.2, 0) is 14.3 Å². The summed E-state index contributed by atoms with van der Waals surface area (Å²) in [6.45, 7) is 5.15. The van der Waals surface area contributed by atoms with Crippen LogP contribution in [0, 0.1) is 6.92 Å². The fraction of sp³-hybridized carbons (Fsp3) is 0.688. The van der Waals surface area contributed by atoms with Crippen LogP contribution in [0.3, 0.4) is 0 Å². The van der Waals surface area contributed by atoms with Crippen LogP contribution < -0.4 is 5.32 Å². The summed E-state index contributed by atoms with van der Waals surface area (Å²) in [6, 6.07) is 0. The third-order valence-electron chi connectivity index (χ3n) is 3.32. The number of hydrogen-bond donors (Lipinski definition) is 1. The number of nitrogens with one attached hydrogen (secondary N) is 1. The maximum absolute atomic E-state index is 12.3. The lowest BCUT2D eigenvalue weighted by Gasteiger charge is -2.22. The number of carbonyl (C=O) groups excluding carboxylic acids is 2. The van der Waals surface area contributed by atoms with Crippen molar-refractivity contribution in [1.82, 2.24) is 9.88 Å². The summed E-state index contributed by atoms with van der Waals surface area (Å²) in [5.41, 5.74) is 0.873. The van der Waals surface area contributed by atoms with Gasteiger partial charge in [-0.1, -0.05) is 19.8 Å². The number of amides is 2. The van der Waals surface area contributed by atoms with Crippen LogP contribution in [0.5, 0.6) is 0 Å². The van der Waals surface area contributed by atoms with Crippen molar-refractivity contribution in [3.05, 3.63) is 11.1 Å². The number of ether oxygens (including phenoxy) is 1. The van der Waals surface area contributed by atoms with E-state index in [0.717, 1.165) is 31.4 Å². The van der Waals surface area contributed by atoms with Gasteiger partial charge in [-0.3, -0.25) is 9.59 Å². The Hall–Kier alpha value is -1.47. The highest BCUT2D eigenvalue weighted by atomic mass is 32.1. The summed E-state index contributed by atoms with van der Waals surface area (Å²) in [7, 11) is 1.63. The second-order valence-electron chi connectivity index (χ2n) is 5.46. The highest BCUT2D eigenvalue weighted by Gasteiger charge is 2.17. The highest BCUT2D eigenvalue weighted by molar-refractivity contribution is 7.13. The Bertz CT molecular complexity index is 491. The minimum atomic E-state index is -0.208. The molecule has 0 saturated heterocycles. The van der Waals surface area contributed by atoms with Gasteiger partial charge in [-0.2, -0.15) is 0 Å². The van der Waals surface area contributed by atoms with E-state index in [-0.39, 0.29) is 18.4 Å². The van der Waals surface area contributed by atoms with Gasteiger partial charge in [0.15, 0.2) is 5.13 Å². The van der Waals surface area contributed by atoms with Gasteiger partial charge in [0.1, 0.15) is 0 Å². The number of hydrogen-bond acceptors (Lipinski definition) is 5. The molecule has 0 fully saturated rings. The average molecular weight is 341 g/mol. The van der Waals surface area contributed by atoms with E-state index >= 15 is 0 Å². The predicted molar refractivity (Wildman–Crippen MR) is 92.7 cm³/mol. The number of aryl methyl sites for hydroxylation is 1. The Labute approximate surface area is 142 Å². The lowest BCUT2D eigenvalue weighted by atomic mass is 10.2. The lowest BCUT2D eigenvalue weighted by Crippen LogP contribution is -2.38. The van der Waals surface area contributed by atoms with Crippen LogP contribution in [-0.4, -0.2) is 48.5 Å². The second kappa shape index (κ2) is 11.1. The van der Waals surface area contributed by atoms with Gasteiger partial charge < -0.3 is 15.0 Å². The van der Waals surface area contributed by atoms with Gasteiger partial charge >= 0.3 is 0 Å². The van der Waals surface area contributed by atoms with E-state index in [1.807, 2.05) is 12.3 Å². The summed E-state index contributed by atoms with van der Waals surface area (Å²) in [4.78, 5) is 30.2. The first-order chi connectivity index (χ1) is 11.1. The predicted octanol–water partition coefficient (Wildman–Crippen LogP) is 2.84. The fourth-order valence-corrected chi connectivity index (χ4v) is 2.82. The van der Waals surface area contributed by atoms with Gasteiger partial charge in [-0.25, -0.2) is 4.98 Å². The standard InChI is InChI=1S/C16H27N3O3S/c1-4-5-6-8-15(21)19(9-7-10-22-3)11-14(20)18-16-17-13(2)12-23-16/h12H,4-11H2,1-3H3,(H,17,18,20). The topological polar surface area (TPSA) is 71.5 Å². The zero-order valence-corrected chi connectivity index (χ0v) is 15.1. The molecular formula is C16H27N3O3S. The Morgan fingerprint density at radius 2 is 2.13 bits per heavy atom. The molecule has 0 unspecified atom stereocenters. The van der Waals surface area contributed by atoms with E-state index in [1.165, 1.54) is 11.3 Å². The Morgan fingerprint density at radius 3 is 2.74 bits per heavy atom. The summed E-state index contributed by atoms with van der Waals surface area (Å²) < 4.78 is 5.03. The number of thiazole rings is 1. The van der Waals surface area contributed by atoms with E-state index in [9.17, 15) is 9.59 Å². The second-order valence-corrected chi connectivity index (χ2v) is 6.32. The zero-order valence-electron chi connectivity index (χ0n) is 14.3. The molecule has 130 valence electrons. The highest BCUT2D eigenvalue weighted by Crippen LogP contribution is 2.14. The summed E-state index contributed by atoms with van der Waals surface area (Å²) in [6.07, 6.45) is 4.18. The molecule has 1 aromatic heterocycles. The van der Waals surface area contributed by atoms with Gasteiger partial charge in [0.25, 0.3) is 0 Å². The smallest absolute Gasteiger partial charge is 0.245 e. The molecule has 6 nitrogen and oxygen atoms in total. The van der Waals surface area contributed by atoms with Crippen LogP contribution in [0.25, 0.3) is 0 Å². The molecule has 1 heterocycles. The third-order valence-corrected chi connectivity index (χ3v) is 4.20. The number of aromatic nitrogens is 1. The summed E-state index contributed by atoms with van der Waals surface area (Å²) >= 11 is 1.39. The van der Waals surface area contributed by atoms with E-state index < -0.39 is 0 Å². The van der Waals surface area contributed by atoms with Crippen molar-refractivity contribution in [2.75, 3.05) is 32.1 Å². The molecule has 0 radical (unpaired) electrons. The Balaban J connectivity index is 2.52. The molecule has 1 aromatic rings. The van der Waals surface area contributed by atoms with Crippen LogP contribution in [0.1, 0.15) is 44.7 Å². The number of anilines is 1. The minimum absolute atomic E-state index is 0.0278. The van der Waals surface area contributed by atoms with Crippen LogP contribution >= 0.6 is 11.3 Å². The van der Waals surface area contributed by atoms with E-state index in [1.54, 1.807) is 12.0 Å².